The smallest absolute Gasteiger partial charge is 0.410 e. The summed E-state index contributed by atoms with van der Waals surface area (Å²) in [5.74, 6) is -1.47. The maximum atomic E-state index is 13.8. The van der Waals surface area contributed by atoms with E-state index in [-0.39, 0.29) is 79.6 Å². The van der Waals surface area contributed by atoms with E-state index in [1.54, 1.807) is 54.8 Å². The lowest BCUT2D eigenvalue weighted by atomic mass is 9.95. The molecule has 354 valence electrons. The number of halogens is 1. The SMILES string of the molecule is CCCCCCN(CCNC(=O)c1ccc(CN(C[C@H](CNC(=O)c2nc(Cl)c(N)nc2N)Cc2ccccc2C)C(=O)OC(C)(C)C)cc1)C(=O)OCC1c2ccccc2-c2ccccc21. The van der Waals surface area contributed by atoms with Gasteiger partial charge in [-0.2, -0.15) is 0 Å². The van der Waals surface area contributed by atoms with Gasteiger partial charge in [-0.1, -0.05) is 123 Å². The Kier molecular flexibility index (Phi) is 17.2. The lowest BCUT2D eigenvalue weighted by molar-refractivity contribution is 0.0202. The highest BCUT2D eigenvalue weighted by Gasteiger charge is 2.30. The standard InChI is InChI=1S/C52H63ClN8O6/c1-6-7-8-15-27-60(50(64)66-33-43-41-20-13-11-18-39(41)40-19-12-14-21-42(40)43)28-26-56-48(62)37-24-22-35(23-25-37)31-61(51(65)67-52(3,4)5)32-36(29-38-17-10-9-16-34(38)2)30-57-49(63)44-46(54)59-47(55)45(53)58-44/h9-14,16-25,36,43H,6-8,15,26-33H2,1-5H3,(H,56,62)(H,57,63)(H4,54,55,59)/t36-/m0/s1. The van der Waals surface area contributed by atoms with Crippen LogP contribution < -0.4 is 22.1 Å². The number of amides is 4. The Morgan fingerprint density at radius 2 is 1.42 bits per heavy atom. The molecule has 1 atom stereocenters. The second kappa shape index (κ2) is 23.2. The van der Waals surface area contributed by atoms with E-state index in [4.69, 9.17) is 32.5 Å². The summed E-state index contributed by atoms with van der Waals surface area (Å²) >= 11 is 6.06. The van der Waals surface area contributed by atoms with Gasteiger partial charge in [0, 0.05) is 50.7 Å². The Bertz CT molecular complexity index is 2470. The summed E-state index contributed by atoms with van der Waals surface area (Å²) < 4.78 is 11.9. The fraction of sp³-hybridized carbons (Fsp3) is 0.385. The number of carbonyl (C=O) groups excluding carboxylic acids is 4. The molecule has 0 saturated carbocycles. The topological polar surface area (TPSA) is 195 Å². The molecule has 4 aromatic carbocycles. The van der Waals surface area contributed by atoms with Crippen LogP contribution in [0.15, 0.2) is 97.1 Å². The average molecular weight is 932 g/mol. The van der Waals surface area contributed by atoms with Gasteiger partial charge in [0.1, 0.15) is 12.2 Å². The van der Waals surface area contributed by atoms with Crippen LogP contribution in [0, 0.1) is 12.8 Å². The van der Waals surface area contributed by atoms with Crippen LogP contribution in [0.2, 0.25) is 5.15 Å². The van der Waals surface area contributed by atoms with Crippen LogP contribution in [-0.4, -0.2) is 88.7 Å². The Hall–Kier alpha value is -6.67. The number of ether oxygens (including phenoxy) is 2. The molecule has 6 N–H and O–H groups in total. The van der Waals surface area contributed by atoms with Crippen molar-refractivity contribution in [1.82, 2.24) is 30.4 Å². The summed E-state index contributed by atoms with van der Waals surface area (Å²) in [4.78, 5) is 65.5. The van der Waals surface area contributed by atoms with Gasteiger partial charge in [-0.25, -0.2) is 19.6 Å². The summed E-state index contributed by atoms with van der Waals surface area (Å²) in [6.07, 6.45) is 3.54. The normalized spacial score (nSPS) is 12.4. The van der Waals surface area contributed by atoms with Crippen LogP contribution in [0.25, 0.3) is 11.1 Å². The molecule has 15 heteroatoms. The number of fused-ring (bicyclic) bond motifs is 3. The summed E-state index contributed by atoms with van der Waals surface area (Å²) in [6.45, 7) is 11.3. The summed E-state index contributed by atoms with van der Waals surface area (Å²) in [6, 6.07) is 31.4. The Labute approximate surface area is 398 Å². The Morgan fingerprint density at radius 3 is 2.07 bits per heavy atom. The van der Waals surface area contributed by atoms with E-state index in [9.17, 15) is 19.2 Å². The number of nitrogens with one attached hydrogen (secondary N) is 2. The maximum absolute atomic E-state index is 13.8. The van der Waals surface area contributed by atoms with Crippen molar-refractivity contribution >= 4 is 47.2 Å². The predicted octanol–water partition coefficient (Wildman–Crippen LogP) is 9.19. The number of nitrogens with zero attached hydrogens (tertiary/aromatic N) is 4. The minimum atomic E-state index is -0.780. The van der Waals surface area contributed by atoms with Gasteiger partial charge in [-0.05, 0) is 97.5 Å². The van der Waals surface area contributed by atoms with Crippen molar-refractivity contribution in [2.24, 2.45) is 5.92 Å². The number of hydrogen-bond donors (Lipinski definition) is 4. The lowest BCUT2D eigenvalue weighted by Crippen LogP contribution is -2.42. The molecule has 6 rings (SSSR count). The summed E-state index contributed by atoms with van der Waals surface area (Å²) in [5.41, 5.74) is 18.7. The van der Waals surface area contributed by atoms with Gasteiger partial charge in [0.2, 0.25) is 0 Å². The van der Waals surface area contributed by atoms with Crippen LogP contribution in [0.3, 0.4) is 0 Å². The van der Waals surface area contributed by atoms with Crippen LogP contribution in [-0.2, 0) is 22.4 Å². The van der Waals surface area contributed by atoms with E-state index < -0.39 is 23.7 Å². The quantitative estimate of drug-likeness (QED) is 0.0547. The number of carbonyl (C=O) groups is 4. The lowest BCUT2D eigenvalue weighted by Gasteiger charge is -2.31. The first-order valence-electron chi connectivity index (χ1n) is 23.0. The van der Waals surface area contributed by atoms with Gasteiger partial charge in [0.05, 0.1) is 0 Å². The Morgan fingerprint density at radius 1 is 0.761 bits per heavy atom. The van der Waals surface area contributed by atoms with Crippen molar-refractivity contribution in [3.05, 3.63) is 141 Å². The monoisotopic (exact) mass is 930 g/mol. The minimum Gasteiger partial charge on any atom is -0.448 e. The molecular weight excluding hydrogens is 868 g/mol. The van der Waals surface area contributed by atoms with Gasteiger partial charge in [0.15, 0.2) is 22.5 Å². The number of anilines is 2. The molecule has 5 aromatic rings. The minimum absolute atomic E-state index is 0.0534. The molecule has 0 fully saturated rings. The van der Waals surface area contributed by atoms with Crippen molar-refractivity contribution in [3.63, 3.8) is 0 Å². The number of unbranched alkanes of at least 4 members (excludes halogenated alkanes) is 3. The zero-order chi connectivity index (χ0) is 48.1. The van der Waals surface area contributed by atoms with Crippen LogP contribution >= 0.6 is 11.6 Å². The molecule has 1 aliphatic carbocycles. The molecule has 0 unspecified atom stereocenters. The highest BCUT2D eigenvalue weighted by atomic mass is 35.5. The van der Waals surface area contributed by atoms with Crippen molar-refractivity contribution in [3.8, 4) is 11.1 Å². The van der Waals surface area contributed by atoms with Crippen molar-refractivity contribution in [1.29, 1.82) is 0 Å². The molecule has 4 amide bonds. The van der Waals surface area contributed by atoms with Gasteiger partial charge < -0.3 is 41.4 Å². The van der Waals surface area contributed by atoms with Gasteiger partial charge in [-0.3, -0.25) is 9.59 Å². The van der Waals surface area contributed by atoms with Crippen molar-refractivity contribution < 1.29 is 28.7 Å². The second-order valence-electron chi connectivity index (χ2n) is 18.0. The molecule has 14 nitrogen and oxygen atoms in total. The van der Waals surface area contributed by atoms with E-state index in [1.165, 1.54) is 0 Å². The third-order valence-corrected chi connectivity index (χ3v) is 12.0. The van der Waals surface area contributed by atoms with Crippen LogP contribution in [0.4, 0.5) is 21.2 Å². The maximum Gasteiger partial charge on any atom is 0.410 e. The first-order valence-corrected chi connectivity index (χ1v) is 23.4. The number of nitrogen functional groups attached to an aromatic ring is 2. The summed E-state index contributed by atoms with van der Waals surface area (Å²) in [7, 11) is 0. The van der Waals surface area contributed by atoms with E-state index in [0.717, 1.165) is 64.6 Å². The van der Waals surface area contributed by atoms with E-state index >= 15 is 0 Å². The number of nitrogens with two attached hydrogens (primary N) is 2. The van der Waals surface area contributed by atoms with Gasteiger partial charge >= 0.3 is 12.2 Å². The van der Waals surface area contributed by atoms with Gasteiger partial charge in [-0.15, -0.1) is 0 Å². The number of hydrogen-bond acceptors (Lipinski definition) is 10. The molecule has 0 aliphatic heterocycles. The van der Waals surface area contributed by atoms with Gasteiger partial charge in [0.25, 0.3) is 11.8 Å². The Balaban J connectivity index is 1.10. The van der Waals surface area contributed by atoms with E-state index in [1.807, 2.05) is 55.5 Å². The number of aryl methyl sites for hydroxylation is 1. The first-order chi connectivity index (χ1) is 32.1. The van der Waals surface area contributed by atoms with E-state index in [2.05, 4.69) is 51.8 Å². The fourth-order valence-electron chi connectivity index (χ4n) is 8.22. The molecule has 67 heavy (non-hydrogen) atoms. The van der Waals surface area contributed by atoms with Crippen LogP contribution in [0.5, 0.6) is 0 Å². The van der Waals surface area contributed by atoms with Crippen molar-refractivity contribution in [2.45, 2.75) is 84.8 Å². The van der Waals surface area contributed by atoms with Crippen molar-refractivity contribution in [2.75, 3.05) is 50.8 Å². The molecule has 1 heterocycles. The molecule has 0 radical (unpaired) electrons. The highest BCUT2D eigenvalue weighted by molar-refractivity contribution is 6.31. The zero-order valence-corrected chi connectivity index (χ0v) is 39.9. The zero-order valence-electron chi connectivity index (χ0n) is 39.1. The fourth-order valence-corrected chi connectivity index (χ4v) is 8.35. The molecule has 0 bridgehead atoms. The largest absolute Gasteiger partial charge is 0.448 e. The third kappa shape index (κ3) is 13.7. The molecule has 1 aromatic heterocycles. The number of aromatic nitrogens is 2. The molecule has 0 spiro atoms. The number of rotatable bonds is 20. The highest BCUT2D eigenvalue weighted by Crippen LogP contribution is 2.44. The molecular formula is C52H63ClN8O6. The summed E-state index contributed by atoms with van der Waals surface area (Å²) in [5, 5.41) is 5.74. The predicted molar refractivity (Wildman–Crippen MR) is 263 cm³/mol. The molecule has 0 saturated heterocycles. The number of benzene rings is 4. The molecule has 1 aliphatic rings. The van der Waals surface area contributed by atoms with E-state index in [0.29, 0.717) is 18.5 Å². The third-order valence-electron chi connectivity index (χ3n) is 11.7. The second-order valence-corrected chi connectivity index (χ2v) is 18.4. The first kappa shape index (κ1) is 49.8. The average Bonchev–Trinajstić information content (AvgIpc) is 3.62. The van der Waals surface area contributed by atoms with Crippen LogP contribution in [0.1, 0.15) is 108 Å².